The molecule has 2 aromatic carbocycles. The van der Waals surface area contributed by atoms with Crippen molar-refractivity contribution in [2.24, 2.45) is 0 Å². The molecular weight excluding hydrogens is 362 g/mol. The molecule has 5 heteroatoms. The van der Waals surface area contributed by atoms with Crippen molar-refractivity contribution in [1.29, 1.82) is 0 Å². The minimum absolute atomic E-state index is 0.0654. The zero-order chi connectivity index (χ0) is 20.1. The molecule has 4 rings (SSSR count). The van der Waals surface area contributed by atoms with Gasteiger partial charge in [-0.15, -0.1) is 0 Å². The molecular formula is C24H29N3O2. The first-order valence-electron chi connectivity index (χ1n) is 10.4. The fourth-order valence-electron chi connectivity index (χ4n) is 4.11. The summed E-state index contributed by atoms with van der Waals surface area (Å²) in [7, 11) is 1.86. The lowest BCUT2D eigenvalue weighted by atomic mass is 10.0. The van der Waals surface area contributed by atoms with E-state index in [9.17, 15) is 4.79 Å². The van der Waals surface area contributed by atoms with E-state index in [0.717, 1.165) is 37.1 Å². The van der Waals surface area contributed by atoms with Crippen LogP contribution in [0.4, 0.5) is 4.79 Å². The number of nitrogens with zero attached hydrogens (tertiary/aromatic N) is 2. The molecule has 152 valence electrons. The molecule has 1 aromatic heterocycles. The number of carbonyl (C=O) groups excluding carboxylic acids is 1. The van der Waals surface area contributed by atoms with Gasteiger partial charge in [0.25, 0.3) is 0 Å². The number of benzene rings is 2. The minimum Gasteiger partial charge on any atom is -0.445 e. The smallest absolute Gasteiger partial charge is 0.410 e. The average Bonchev–Trinajstić information content (AvgIpc) is 3.42. The van der Waals surface area contributed by atoms with E-state index in [-0.39, 0.29) is 12.1 Å². The summed E-state index contributed by atoms with van der Waals surface area (Å²) in [6.45, 7) is 3.39. The standard InChI is InChI=1S/C24H29N3O2/c1-26(24(28)29-18-19-9-3-2-4-10-19)21(17-27-13-7-8-14-27)15-20-16-25-23-12-6-5-11-22(20)23/h2-6,9-12,16,21,25H,7-8,13-15,17-18H2,1H3/t21-/m1/s1. The van der Waals surface area contributed by atoms with E-state index in [0.29, 0.717) is 6.61 Å². The molecule has 3 aromatic rings. The van der Waals surface area contributed by atoms with E-state index < -0.39 is 0 Å². The Hall–Kier alpha value is -2.79. The number of carbonyl (C=O) groups is 1. The maximum Gasteiger partial charge on any atom is 0.410 e. The van der Waals surface area contributed by atoms with Crippen LogP contribution in [0.2, 0.25) is 0 Å². The predicted octanol–water partition coefficient (Wildman–Crippen LogP) is 4.44. The molecule has 0 saturated carbocycles. The van der Waals surface area contributed by atoms with E-state index >= 15 is 0 Å². The van der Waals surface area contributed by atoms with Crippen molar-refractivity contribution in [3.05, 3.63) is 71.9 Å². The van der Waals surface area contributed by atoms with Crippen molar-refractivity contribution >= 4 is 17.0 Å². The second-order valence-corrected chi connectivity index (χ2v) is 7.88. The number of ether oxygens (including phenoxy) is 1. The molecule has 0 unspecified atom stereocenters. The Morgan fingerprint density at radius 1 is 1.10 bits per heavy atom. The summed E-state index contributed by atoms with van der Waals surface area (Å²) in [6, 6.07) is 18.2. The van der Waals surface area contributed by atoms with Crippen LogP contribution < -0.4 is 0 Å². The van der Waals surface area contributed by atoms with Gasteiger partial charge in [-0.1, -0.05) is 48.5 Å². The third kappa shape index (κ3) is 4.80. The van der Waals surface area contributed by atoms with Crippen molar-refractivity contribution < 1.29 is 9.53 Å². The van der Waals surface area contributed by atoms with Crippen LogP contribution in [0.25, 0.3) is 10.9 Å². The number of rotatable bonds is 7. The molecule has 0 spiro atoms. The van der Waals surface area contributed by atoms with Crippen LogP contribution in [-0.2, 0) is 17.8 Å². The van der Waals surface area contributed by atoms with Gasteiger partial charge in [-0.3, -0.25) is 0 Å². The number of amides is 1. The number of likely N-dealkylation sites (tertiary alicyclic amines) is 1. The highest BCUT2D eigenvalue weighted by Crippen LogP contribution is 2.22. The minimum atomic E-state index is -0.266. The lowest BCUT2D eigenvalue weighted by Crippen LogP contribution is -2.45. The fourth-order valence-corrected chi connectivity index (χ4v) is 4.11. The third-order valence-electron chi connectivity index (χ3n) is 5.84. The Morgan fingerprint density at radius 2 is 1.83 bits per heavy atom. The Bertz CT molecular complexity index is 931. The van der Waals surface area contributed by atoms with Crippen molar-refractivity contribution in [2.75, 3.05) is 26.7 Å². The van der Waals surface area contributed by atoms with Gasteiger partial charge in [0.2, 0.25) is 0 Å². The summed E-state index contributed by atoms with van der Waals surface area (Å²) in [5.74, 6) is 0. The second kappa shape index (κ2) is 9.14. The van der Waals surface area contributed by atoms with Crippen LogP contribution in [0.15, 0.2) is 60.8 Å². The molecule has 1 aliphatic rings. The first-order valence-corrected chi connectivity index (χ1v) is 10.4. The van der Waals surface area contributed by atoms with E-state index in [1.54, 1.807) is 4.90 Å². The lowest BCUT2D eigenvalue weighted by Gasteiger charge is -2.31. The fraction of sp³-hybridized carbons (Fsp3) is 0.375. The van der Waals surface area contributed by atoms with Gasteiger partial charge in [0.1, 0.15) is 6.61 Å². The summed E-state index contributed by atoms with van der Waals surface area (Å²) in [4.78, 5) is 20.4. The van der Waals surface area contributed by atoms with Gasteiger partial charge in [-0.05, 0) is 49.5 Å². The number of hydrogen-bond acceptors (Lipinski definition) is 3. The highest BCUT2D eigenvalue weighted by Gasteiger charge is 2.26. The Morgan fingerprint density at radius 3 is 2.62 bits per heavy atom. The molecule has 1 aliphatic heterocycles. The second-order valence-electron chi connectivity index (χ2n) is 7.88. The first kappa shape index (κ1) is 19.5. The van der Waals surface area contributed by atoms with Crippen molar-refractivity contribution in [2.45, 2.75) is 31.9 Å². The van der Waals surface area contributed by atoms with Crippen LogP contribution in [0.1, 0.15) is 24.0 Å². The number of nitrogens with one attached hydrogen (secondary N) is 1. The average molecular weight is 392 g/mol. The number of hydrogen-bond donors (Lipinski definition) is 1. The molecule has 2 heterocycles. The lowest BCUT2D eigenvalue weighted by molar-refractivity contribution is 0.0835. The number of aromatic nitrogens is 1. The molecule has 0 radical (unpaired) electrons. The van der Waals surface area contributed by atoms with E-state index in [1.807, 2.05) is 43.4 Å². The molecule has 29 heavy (non-hydrogen) atoms. The number of para-hydroxylation sites is 1. The first-order chi connectivity index (χ1) is 14.2. The largest absolute Gasteiger partial charge is 0.445 e. The molecule has 1 atom stereocenters. The van der Waals surface area contributed by atoms with Gasteiger partial charge in [-0.2, -0.15) is 0 Å². The summed E-state index contributed by atoms with van der Waals surface area (Å²) >= 11 is 0. The zero-order valence-corrected chi connectivity index (χ0v) is 17.0. The Kier molecular flexibility index (Phi) is 6.15. The third-order valence-corrected chi connectivity index (χ3v) is 5.84. The van der Waals surface area contributed by atoms with Gasteiger partial charge in [-0.25, -0.2) is 4.79 Å². The van der Waals surface area contributed by atoms with Crippen LogP contribution >= 0.6 is 0 Å². The summed E-state index contributed by atoms with van der Waals surface area (Å²) in [5.41, 5.74) is 3.38. The van der Waals surface area contributed by atoms with Gasteiger partial charge < -0.3 is 19.5 Å². The highest BCUT2D eigenvalue weighted by atomic mass is 16.6. The predicted molar refractivity (Wildman–Crippen MR) is 116 cm³/mol. The van der Waals surface area contributed by atoms with Crippen molar-refractivity contribution in [3.63, 3.8) is 0 Å². The van der Waals surface area contributed by atoms with Crippen LogP contribution in [0, 0.1) is 0 Å². The SMILES string of the molecule is CN(C(=O)OCc1ccccc1)[C@H](Cc1c[nH]c2ccccc12)CN1CCCC1. The number of aromatic amines is 1. The molecule has 1 amide bonds. The Labute approximate surface area is 172 Å². The quantitative estimate of drug-likeness (QED) is 0.648. The highest BCUT2D eigenvalue weighted by molar-refractivity contribution is 5.83. The molecule has 1 saturated heterocycles. The van der Waals surface area contributed by atoms with Gasteiger partial charge in [0.15, 0.2) is 0 Å². The zero-order valence-electron chi connectivity index (χ0n) is 17.0. The normalized spacial score (nSPS) is 15.5. The molecule has 0 aliphatic carbocycles. The molecule has 1 N–H and O–H groups in total. The van der Waals surface area contributed by atoms with E-state index in [1.165, 1.54) is 23.8 Å². The van der Waals surface area contributed by atoms with Gasteiger partial charge in [0.05, 0.1) is 6.04 Å². The number of H-pyrrole nitrogens is 1. The topological polar surface area (TPSA) is 48.6 Å². The summed E-state index contributed by atoms with van der Waals surface area (Å²) in [6.07, 6.45) is 5.09. The summed E-state index contributed by atoms with van der Waals surface area (Å²) < 4.78 is 5.60. The van der Waals surface area contributed by atoms with E-state index in [4.69, 9.17) is 4.74 Å². The number of fused-ring (bicyclic) bond motifs is 1. The molecule has 5 nitrogen and oxygen atoms in total. The molecule has 1 fully saturated rings. The maximum atomic E-state index is 12.8. The maximum absolute atomic E-state index is 12.8. The van der Waals surface area contributed by atoms with Crippen LogP contribution in [-0.4, -0.2) is 53.6 Å². The van der Waals surface area contributed by atoms with Crippen molar-refractivity contribution in [1.82, 2.24) is 14.8 Å². The van der Waals surface area contributed by atoms with Crippen molar-refractivity contribution in [3.8, 4) is 0 Å². The van der Waals surface area contributed by atoms with Crippen LogP contribution in [0.5, 0.6) is 0 Å². The van der Waals surface area contributed by atoms with Gasteiger partial charge in [0, 0.05) is 30.7 Å². The van der Waals surface area contributed by atoms with Crippen LogP contribution in [0.3, 0.4) is 0 Å². The number of likely N-dealkylation sites (N-methyl/N-ethyl adjacent to an activating group) is 1. The monoisotopic (exact) mass is 391 g/mol. The summed E-state index contributed by atoms with van der Waals surface area (Å²) in [5, 5.41) is 1.23. The molecule has 0 bridgehead atoms. The van der Waals surface area contributed by atoms with E-state index in [2.05, 4.69) is 34.3 Å². The Balaban J connectivity index is 1.47. The van der Waals surface area contributed by atoms with Gasteiger partial charge >= 0.3 is 6.09 Å².